The lowest BCUT2D eigenvalue weighted by atomic mass is 10.1. The topological polar surface area (TPSA) is 59.2 Å². The predicted molar refractivity (Wildman–Crippen MR) is 74.4 cm³/mol. The Bertz CT molecular complexity index is 738. The molecule has 0 aliphatic carbocycles. The van der Waals surface area contributed by atoms with Gasteiger partial charge >= 0.3 is 0 Å². The molecular formula is C16H13FN2O2. The first-order valence-electron chi connectivity index (χ1n) is 6.53. The fraction of sp³-hybridized carbons (Fsp3) is 0.125. The quantitative estimate of drug-likeness (QED) is 0.799. The minimum absolute atomic E-state index is 0.219. The molecule has 3 rings (SSSR count). The second-order valence-electron chi connectivity index (χ2n) is 4.75. The summed E-state index contributed by atoms with van der Waals surface area (Å²) in [7, 11) is 0. The Balaban J connectivity index is 1.70. The van der Waals surface area contributed by atoms with Gasteiger partial charge in [0.1, 0.15) is 11.6 Å². The summed E-state index contributed by atoms with van der Waals surface area (Å²) in [6.07, 6.45) is 0.924. The zero-order chi connectivity index (χ0) is 14.7. The molecule has 1 aromatic heterocycles. The molecule has 106 valence electrons. The number of aromatic hydroxyl groups is 1. The highest BCUT2D eigenvalue weighted by atomic mass is 19.1. The third-order valence-electron chi connectivity index (χ3n) is 3.05. The van der Waals surface area contributed by atoms with Crippen LogP contribution in [0, 0.1) is 5.82 Å². The Kier molecular flexibility index (Phi) is 3.64. The molecule has 0 bridgehead atoms. The van der Waals surface area contributed by atoms with Crippen LogP contribution in [-0.2, 0) is 12.8 Å². The second-order valence-corrected chi connectivity index (χ2v) is 4.75. The van der Waals surface area contributed by atoms with E-state index >= 15 is 0 Å². The zero-order valence-corrected chi connectivity index (χ0v) is 11.2. The summed E-state index contributed by atoms with van der Waals surface area (Å²) in [5.41, 5.74) is 1.76. The Morgan fingerprint density at radius 1 is 1.00 bits per heavy atom. The van der Waals surface area contributed by atoms with E-state index in [4.69, 9.17) is 4.52 Å². The molecular weight excluding hydrogens is 271 g/mol. The Morgan fingerprint density at radius 2 is 1.81 bits per heavy atom. The van der Waals surface area contributed by atoms with E-state index in [9.17, 15) is 9.50 Å². The van der Waals surface area contributed by atoms with Crippen molar-refractivity contribution >= 4 is 0 Å². The fourth-order valence-electron chi connectivity index (χ4n) is 2.05. The smallest absolute Gasteiger partial charge is 0.231 e. The highest BCUT2D eigenvalue weighted by Crippen LogP contribution is 2.14. The lowest BCUT2D eigenvalue weighted by Crippen LogP contribution is -1.93. The standard InChI is InChI=1S/C16H13FN2O2/c17-13-3-1-2-12(8-13)9-15-18-16(21-19-15)10-11-4-6-14(20)7-5-11/h1-8,20H,9-10H2. The van der Waals surface area contributed by atoms with Crippen molar-refractivity contribution in [3.63, 3.8) is 0 Å². The number of nitrogens with zero attached hydrogens (tertiary/aromatic N) is 2. The number of phenolic OH excluding ortho intramolecular Hbond substituents is 1. The minimum atomic E-state index is -0.277. The lowest BCUT2D eigenvalue weighted by molar-refractivity contribution is 0.380. The first-order chi connectivity index (χ1) is 10.2. The average Bonchev–Trinajstić information content (AvgIpc) is 2.89. The molecule has 0 saturated heterocycles. The van der Waals surface area contributed by atoms with Gasteiger partial charge in [-0.15, -0.1) is 0 Å². The number of phenols is 1. The molecule has 0 radical (unpaired) electrons. The van der Waals surface area contributed by atoms with Crippen LogP contribution in [0.3, 0.4) is 0 Å². The molecule has 0 saturated carbocycles. The molecule has 3 aromatic rings. The Labute approximate surface area is 120 Å². The van der Waals surface area contributed by atoms with Crippen LogP contribution < -0.4 is 0 Å². The van der Waals surface area contributed by atoms with Crippen LogP contribution in [0.25, 0.3) is 0 Å². The number of halogens is 1. The van der Waals surface area contributed by atoms with Crippen molar-refractivity contribution < 1.29 is 14.0 Å². The highest BCUT2D eigenvalue weighted by Gasteiger charge is 2.08. The normalized spacial score (nSPS) is 10.7. The SMILES string of the molecule is Oc1ccc(Cc2nc(Cc3cccc(F)c3)no2)cc1. The fourth-order valence-corrected chi connectivity index (χ4v) is 2.05. The minimum Gasteiger partial charge on any atom is -0.508 e. The maximum Gasteiger partial charge on any atom is 0.231 e. The monoisotopic (exact) mass is 284 g/mol. The molecule has 21 heavy (non-hydrogen) atoms. The van der Waals surface area contributed by atoms with Crippen LogP contribution in [0.4, 0.5) is 4.39 Å². The molecule has 0 spiro atoms. The van der Waals surface area contributed by atoms with Crippen molar-refractivity contribution in [2.24, 2.45) is 0 Å². The van der Waals surface area contributed by atoms with Crippen LogP contribution in [0.1, 0.15) is 22.8 Å². The van der Waals surface area contributed by atoms with Crippen LogP contribution in [0.5, 0.6) is 5.75 Å². The van der Waals surface area contributed by atoms with Gasteiger partial charge < -0.3 is 9.63 Å². The van der Waals surface area contributed by atoms with Crippen molar-refractivity contribution in [1.82, 2.24) is 10.1 Å². The van der Waals surface area contributed by atoms with E-state index in [1.807, 2.05) is 6.07 Å². The summed E-state index contributed by atoms with van der Waals surface area (Å²) < 4.78 is 18.3. The van der Waals surface area contributed by atoms with Gasteiger partial charge in [-0.25, -0.2) is 4.39 Å². The van der Waals surface area contributed by atoms with Crippen LogP contribution in [-0.4, -0.2) is 15.2 Å². The van der Waals surface area contributed by atoms with Gasteiger partial charge in [-0.2, -0.15) is 4.98 Å². The Morgan fingerprint density at radius 3 is 2.57 bits per heavy atom. The van der Waals surface area contributed by atoms with Crippen LogP contribution in [0.15, 0.2) is 53.1 Å². The van der Waals surface area contributed by atoms with Crippen molar-refractivity contribution in [1.29, 1.82) is 0 Å². The van der Waals surface area contributed by atoms with Gasteiger partial charge in [-0.1, -0.05) is 29.4 Å². The summed E-state index contributed by atoms with van der Waals surface area (Å²) in [6, 6.07) is 13.1. The van der Waals surface area contributed by atoms with Crippen molar-refractivity contribution in [3.8, 4) is 5.75 Å². The Hall–Kier alpha value is -2.69. The number of aromatic nitrogens is 2. The van der Waals surface area contributed by atoms with Crippen LogP contribution in [0.2, 0.25) is 0 Å². The van der Waals surface area contributed by atoms with Gasteiger partial charge in [0.25, 0.3) is 0 Å². The second kappa shape index (κ2) is 5.75. The zero-order valence-electron chi connectivity index (χ0n) is 11.2. The highest BCUT2D eigenvalue weighted by molar-refractivity contribution is 5.27. The molecule has 0 aliphatic heterocycles. The predicted octanol–water partition coefficient (Wildman–Crippen LogP) is 3.10. The molecule has 1 heterocycles. The summed E-state index contributed by atoms with van der Waals surface area (Å²) in [5.74, 6) is 0.956. The van der Waals surface area contributed by atoms with E-state index in [1.165, 1.54) is 12.1 Å². The number of rotatable bonds is 4. The van der Waals surface area contributed by atoms with E-state index in [0.29, 0.717) is 24.6 Å². The van der Waals surface area contributed by atoms with E-state index < -0.39 is 0 Å². The first kappa shape index (κ1) is 13.3. The van der Waals surface area contributed by atoms with E-state index in [-0.39, 0.29) is 11.6 Å². The molecule has 0 unspecified atom stereocenters. The van der Waals surface area contributed by atoms with Crippen molar-refractivity contribution in [3.05, 3.63) is 77.2 Å². The summed E-state index contributed by atoms with van der Waals surface area (Å²) >= 11 is 0. The number of hydrogen-bond donors (Lipinski definition) is 1. The van der Waals surface area contributed by atoms with Crippen LogP contribution >= 0.6 is 0 Å². The molecule has 2 aromatic carbocycles. The largest absolute Gasteiger partial charge is 0.508 e. The first-order valence-corrected chi connectivity index (χ1v) is 6.53. The van der Waals surface area contributed by atoms with E-state index in [0.717, 1.165) is 11.1 Å². The molecule has 0 atom stereocenters. The number of hydrogen-bond acceptors (Lipinski definition) is 4. The maximum atomic E-state index is 13.1. The number of benzene rings is 2. The van der Waals surface area contributed by atoms with Gasteiger partial charge in [0, 0.05) is 6.42 Å². The van der Waals surface area contributed by atoms with Crippen molar-refractivity contribution in [2.75, 3.05) is 0 Å². The summed E-state index contributed by atoms with van der Waals surface area (Å²) in [6.45, 7) is 0. The summed E-state index contributed by atoms with van der Waals surface area (Å²) in [5, 5.41) is 13.1. The third kappa shape index (κ3) is 3.45. The molecule has 4 nitrogen and oxygen atoms in total. The molecule has 1 N–H and O–H groups in total. The maximum absolute atomic E-state index is 13.1. The summed E-state index contributed by atoms with van der Waals surface area (Å²) in [4.78, 5) is 4.29. The van der Waals surface area contributed by atoms with Gasteiger partial charge in [-0.3, -0.25) is 0 Å². The van der Waals surface area contributed by atoms with Gasteiger partial charge in [0.2, 0.25) is 5.89 Å². The molecule has 5 heteroatoms. The van der Waals surface area contributed by atoms with E-state index in [2.05, 4.69) is 10.1 Å². The molecule has 0 aliphatic rings. The third-order valence-corrected chi connectivity index (χ3v) is 3.05. The van der Waals surface area contributed by atoms with Gasteiger partial charge in [-0.05, 0) is 35.4 Å². The van der Waals surface area contributed by atoms with Gasteiger partial charge in [0.05, 0.1) is 6.42 Å². The van der Waals surface area contributed by atoms with E-state index in [1.54, 1.807) is 30.3 Å². The average molecular weight is 284 g/mol. The lowest BCUT2D eigenvalue weighted by Gasteiger charge is -1.97. The molecule has 0 fully saturated rings. The molecule has 0 amide bonds. The van der Waals surface area contributed by atoms with Crippen molar-refractivity contribution in [2.45, 2.75) is 12.8 Å². The van der Waals surface area contributed by atoms with Gasteiger partial charge in [0.15, 0.2) is 5.82 Å².